The van der Waals surface area contributed by atoms with Crippen molar-refractivity contribution in [2.24, 2.45) is 5.84 Å². The van der Waals surface area contributed by atoms with Gasteiger partial charge in [-0.15, -0.1) is 0 Å². The number of nitrogens with two attached hydrogens (primary N) is 1. The lowest BCUT2D eigenvalue weighted by molar-refractivity contribution is 0.0679. The van der Waals surface area contributed by atoms with E-state index in [-0.39, 0.29) is 37.9 Å². The number of nitrogen functional groups attached to an aromatic ring is 1. The van der Waals surface area contributed by atoms with Crippen LogP contribution in [0.3, 0.4) is 0 Å². The number of rotatable bonds is 6. The summed E-state index contributed by atoms with van der Waals surface area (Å²) in [5.41, 5.74) is 2.56. The van der Waals surface area contributed by atoms with Crippen LogP contribution in [0.4, 0.5) is 5.82 Å². The normalized spacial score (nSPS) is 10.1. The van der Waals surface area contributed by atoms with E-state index in [1.165, 1.54) is 4.90 Å². The van der Waals surface area contributed by atoms with Crippen molar-refractivity contribution in [1.29, 1.82) is 0 Å². The van der Waals surface area contributed by atoms with E-state index in [1.807, 2.05) is 0 Å². The molecule has 0 atom stereocenters. The SMILES string of the molecule is NNc1cccc(C(=O)N(CCO)CCO)n1. The summed E-state index contributed by atoms with van der Waals surface area (Å²) in [6.45, 7) is -0.0240. The predicted octanol–water partition coefficient (Wildman–Crippen LogP) is -1.21. The number of pyridine rings is 1. The summed E-state index contributed by atoms with van der Waals surface area (Å²) >= 11 is 0. The summed E-state index contributed by atoms with van der Waals surface area (Å²) in [4.78, 5) is 17.3. The lowest BCUT2D eigenvalue weighted by Gasteiger charge is -2.20. The number of aliphatic hydroxyl groups is 2. The molecule has 0 aliphatic carbocycles. The van der Waals surface area contributed by atoms with Gasteiger partial charge in [-0.05, 0) is 12.1 Å². The molecule has 94 valence electrons. The molecule has 1 aromatic heterocycles. The van der Waals surface area contributed by atoms with Crippen LogP contribution in [0.25, 0.3) is 0 Å². The van der Waals surface area contributed by atoms with Crippen LogP contribution >= 0.6 is 0 Å². The third-order valence-corrected chi connectivity index (χ3v) is 2.14. The summed E-state index contributed by atoms with van der Waals surface area (Å²) in [5.74, 6) is 5.22. The van der Waals surface area contributed by atoms with Gasteiger partial charge in [0.15, 0.2) is 0 Å². The predicted molar refractivity (Wildman–Crippen MR) is 62.1 cm³/mol. The Kier molecular flexibility index (Phi) is 5.34. The van der Waals surface area contributed by atoms with Crippen molar-refractivity contribution in [3.63, 3.8) is 0 Å². The lowest BCUT2D eigenvalue weighted by Crippen LogP contribution is -2.36. The van der Waals surface area contributed by atoms with E-state index in [0.29, 0.717) is 5.82 Å². The van der Waals surface area contributed by atoms with Crippen LogP contribution in [-0.4, -0.2) is 52.3 Å². The minimum absolute atomic E-state index is 0.154. The summed E-state index contributed by atoms with van der Waals surface area (Å²) in [6, 6.07) is 4.82. The first-order chi connectivity index (χ1) is 8.22. The second-order valence-corrected chi connectivity index (χ2v) is 3.29. The first-order valence-electron chi connectivity index (χ1n) is 5.17. The Labute approximate surface area is 98.8 Å². The van der Waals surface area contributed by atoms with Crippen LogP contribution in [0.15, 0.2) is 18.2 Å². The Morgan fingerprint density at radius 2 is 2.00 bits per heavy atom. The van der Waals surface area contributed by atoms with E-state index in [4.69, 9.17) is 16.1 Å². The zero-order chi connectivity index (χ0) is 12.7. The molecule has 0 unspecified atom stereocenters. The zero-order valence-corrected chi connectivity index (χ0v) is 9.33. The number of amides is 1. The van der Waals surface area contributed by atoms with Gasteiger partial charge in [-0.3, -0.25) is 4.79 Å². The highest BCUT2D eigenvalue weighted by Gasteiger charge is 2.16. The van der Waals surface area contributed by atoms with Gasteiger partial charge in [0.05, 0.1) is 13.2 Å². The largest absolute Gasteiger partial charge is 0.395 e. The fourth-order valence-electron chi connectivity index (χ4n) is 1.35. The van der Waals surface area contributed by atoms with Crippen molar-refractivity contribution < 1.29 is 15.0 Å². The average molecular weight is 240 g/mol. The van der Waals surface area contributed by atoms with Crippen LogP contribution in [0.5, 0.6) is 0 Å². The van der Waals surface area contributed by atoms with Gasteiger partial charge >= 0.3 is 0 Å². The Morgan fingerprint density at radius 3 is 2.53 bits per heavy atom. The number of aliphatic hydroxyl groups excluding tert-OH is 2. The third-order valence-electron chi connectivity index (χ3n) is 2.14. The summed E-state index contributed by atoms with van der Waals surface area (Å²) in [5, 5.41) is 17.7. The van der Waals surface area contributed by atoms with Crippen molar-refractivity contribution in [3.8, 4) is 0 Å². The minimum atomic E-state index is -0.356. The molecule has 0 aliphatic rings. The highest BCUT2D eigenvalue weighted by Crippen LogP contribution is 2.06. The fraction of sp³-hybridized carbons (Fsp3) is 0.400. The molecule has 17 heavy (non-hydrogen) atoms. The number of carbonyl (C=O) groups is 1. The second-order valence-electron chi connectivity index (χ2n) is 3.29. The quantitative estimate of drug-likeness (QED) is 0.367. The summed E-state index contributed by atoms with van der Waals surface area (Å²) in [6.07, 6.45) is 0. The van der Waals surface area contributed by atoms with Crippen molar-refractivity contribution in [3.05, 3.63) is 23.9 Å². The molecule has 0 aromatic carbocycles. The highest BCUT2D eigenvalue weighted by atomic mass is 16.3. The van der Waals surface area contributed by atoms with Crippen molar-refractivity contribution in [2.45, 2.75) is 0 Å². The molecule has 5 N–H and O–H groups in total. The molecule has 0 fully saturated rings. The lowest BCUT2D eigenvalue weighted by atomic mass is 10.3. The number of hydrogen-bond acceptors (Lipinski definition) is 6. The van der Waals surface area contributed by atoms with Crippen molar-refractivity contribution in [2.75, 3.05) is 31.7 Å². The van der Waals surface area contributed by atoms with Gasteiger partial charge in [0.2, 0.25) is 0 Å². The Bertz CT molecular complexity index is 366. The number of anilines is 1. The number of nitrogens with one attached hydrogen (secondary N) is 1. The van der Waals surface area contributed by atoms with Gasteiger partial charge in [0.1, 0.15) is 11.5 Å². The Balaban J connectivity index is 2.84. The van der Waals surface area contributed by atoms with Gasteiger partial charge in [-0.1, -0.05) is 6.07 Å². The van der Waals surface area contributed by atoms with E-state index in [9.17, 15) is 4.79 Å². The minimum Gasteiger partial charge on any atom is -0.395 e. The monoisotopic (exact) mass is 240 g/mol. The topological polar surface area (TPSA) is 112 Å². The number of hydrogen-bond donors (Lipinski definition) is 4. The summed E-state index contributed by atoms with van der Waals surface area (Å²) < 4.78 is 0. The molecule has 1 heterocycles. The molecule has 0 spiro atoms. The molecule has 1 aromatic rings. The van der Waals surface area contributed by atoms with E-state index in [2.05, 4.69) is 10.4 Å². The third kappa shape index (κ3) is 3.66. The fourth-order valence-corrected chi connectivity index (χ4v) is 1.35. The molecule has 7 nitrogen and oxygen atoms in total. The second kappa shape index (κ2) is 6.79. The zero-order valence-electron chi connectivity index (χ0n) is 9.33. The smallest absolute Gasteiger partial charge is 0.272 e. The van der Waals surface area contributed by atoms with Gasteiger partial charge in [0, 0.05) is 13.1 Å². The van der Waals surface area contributed by atoms with E-state index < -0.39 is 0 Å². The van der Waals surface area contributed by atoms with Crippen molar-refractivity contribution >= 4 is 11.7 Å². The van der Waals surface area contributed by atoms with E-state index in [1.54, 1.807) is 18.2 Å². The van der Waals surface area contributed by atoms with Crippen molar-refractivity contribution in [1.82, 2.24) is 9.88 Å². The van der Waals surface area contributed by atoms with Gasteiger partial charge in [0.25, 0.3) is 5.91 Å². The van der Waals surface area contributed by atoms with Crippen LogP contribution in [-0.2, 0) is 0 Å². The molecule has 0 radical (unpaired) electrons. The molecule has 7 heteroatoms. The van der Waals surface area contributed by atoms with Crippen LogP contribution < -0.4 is 11.3 Å². The van der Waals surface area contributed by atoms with E-state index >= 15 is 0 Å². The van der Waals surface area contributed by atoms with Crippen LogP contribution in [0.2, 0.25) is 0 Å². The molecule has 0 aliphatic heterocycles. The maximum absolute atomic E-state index is 12.0. The number of aromatic nitrogens is 1. The van der Waals surface area contributed by atoms with Gasteiger partial charge in [-0.2, -0.15) is 0 Å². The highest BCUT2D eigenvalue weighted by molar-refractivity contribution is 5.92. The van der Waals surface area contributed by atoms with Gasteiger partial charge in [-0.25, -0.2) is 10.8 Å². The Morgan fingerprint density at radius 1 is 1.35 bits per heavy atom. The standard InChI is InChI=1S/C10H16N4O3/c11-13-9-3-1-2-8(12-9)10(17)14(4-6-15)5-7-16/h1-3,15-16H,4-7,11H2,(H,12,13). The first-order valence-corrected chi connectivity index (χ1v) is 5.17. The molecule has 0 saturated heterocycles. The maximum Gasteiger partial charge on any atom is 0.272 e. The number of nitrogens with zero attached hydrogens (tertiary/aromatic N) is 2. The number of carbonyl (C=O) groups excluding carboxylic acids is 1. The average Bonchev–Trinajstić information content (AvgIpc) is 2.38. The molecule has 0 saturated carbocycles. The Hall–Kier alpha value is -1.70. The molecule has 1 rings (SSSR count). The van der Waals surface area contributed by atoms with E-state index in [0.717, 1.165) is 0 Å². The van der Waals surface area contributed by atoms with Gasteiger partial charge < -0.3 is 20.5 Å². The van der Waals surface area contributed by atoms with Crippen LogP contribution in [0.1, 0.15) is 10.5 Å². The molecule has 1 amide bonds. The molecular formula is C10H16N4O3. The van der Waals surface area contributed by atoms with Crippen LogP contribution in [0, 0.1) is 0 Å². The summed E-state index contributed by atoms with van der Waals surface area (Å²) in [7, 11) is 0. The first kappa shape index (κ1) is 13.4. The molecular weight excluding hydrogens is 224 g/mol. The molecule has 0 bridgehead atoms. The maximum atomic E-state index is 12.0. The number of hydrazine groups is 1.